The van der Waals surface area contributed by atoms with Gasteiger partial charge in [0.15, 0.2) is 0 Å². The molecule has 0 saturated heterocycles. The fourth-order valence-electron chi connectivity index (χ4n) is 0.998. The molecular formula is C9H9BrClF3OS. The van der Waals surface area contributed by atoms with E-state index >= 15 is 0 Å². The molecule has 92 valence electrons. The van der Waals surface area contributed by atoms with Gasteiger partial charge in [0.1, 0.15) is 6.61 Å². The van der Waals surface area contributed by atoms with Crippen LogP contribution in [-0.2, 0) is 4.74 Å². The summed E-state index contributed by atoms with van der Waals surface area (Å²) >= 11 is 10.5. The van der Waals surface area contributed by atoms with Crippen molar-refractivity contribution in [2.45, 2.75) is 17.9 Å². The molecule has 1 rings (SSSR count). The molecule has 0 aliphatic heterocycles. The molecule has 0 radical (unpaired) electrons. The van der Waals surface area contributed by atoms with Gasteiger partial charge in [-0.05, 0) is 18.6 Å². The smallest absolute Gasteiger partial charge is 0.370 e. The third-order valence-electron chi connectivity index (χ3n) is 1.71. The van der Waals surface area contributed by atoms with Crippen LogP contribution in [0.15, 0.2) is 6.07 Å². The van der Waals surface area contributed by atoms with Crippen molar-refractivity contribution in [2.75, 3.05) is 13.2 Å². The summed E-state index contributed by atoms with van der Waals surface area (Å²) in [6.45, 7) is 0.585. The zero-order valence-corrected chi connectivity index (χ0v) is 11.4. The molecule has 0 aromatic carbocycles. The highest BCUT2D eigenvalue weighted by atomic mass is 79.9. The van der Waals surface area contributed by atoms with Gasteiger partial charge in [-0.2, -0.15) is 13.2 Å². The third kappa shape index (κ3) is 4.61. The molecule has 0 bridgehead atoms. The van der Waals surface area contributed by atoms with Gasteiger partial charge in [0.2, 0.25) is 0 Å². The largest absolute Gasteiger partial charge is 0.411 e. The van der Waals surface area contributed by atoms with Crippen LogP contribution in [0.2, 0.25) is 4.34 Å². The van der Waals surface area contributed by atoms with Crippen LogP contribution >= 0.6 is 38.9 Å². The van der Waals surface area contributed by atoms with Crippen molar-refractivity contribution in [1.29, 1.82) is 0 Å². The number of rotatable bonds is 4. The molecule has 1 nitrogen and oxygen atoms in total. The lowest BCUT2D eigenvalue weighted by Gasteiger charge is -2.10. The number of alkyl halides is 4. The highest BCUT2D eigenvalue weighted by Crippen LogP contribution is 2.35. The van der Waals surface area contributed by atoms with Crippen LogP contribution in [0.25, 0.3) is 0 Å². The van der Waals surface area contributed by atoms with Gasteiger partial charge in [-0.1, -0.05) is 27.5 Å². The first-order valence-corrected chi connectivity index (χ1v) is 6.45. The molecule has 0 saturated carbocycles. The van der Waals surface area contributed by atoms with Crippen molar-refractivity contribution in [1.82, 2.24) is 0 Å². The molecule has 1 unspecified atom stereocenters. The van der Waals surface area contributed by atoms with Gasteiger partial charge >= 0.3 is 6.18 Å². The van der Waals surface area contributed by atoms with E-state index < -0.39 is 12.8 Å². The first kappa shape index (κ1) is 14.3. The van der Waals surface area contributed by atoms with Gasteiger partial charge < -0.3 is 4.74 Å². The molecule has 16 heavy (non-hydrogen) atoms. The van der Waals surface area contributed by atoms with Crippen molar-refractivity contribution in [3.8, 4) is 0 Å². The highest BCUT2D eigenvalue weighted by molar-refractivity contribution is 9.09. The van der Waals surface area contributed by atoms with Gasteiger partial charge in [0, 0.05) is 4.88 Å². The SMILES string of the molecule is Cc1cc(C(Br)COCC(F)(F)F)sc1Cl. The van der Waals surface area contributed by atoms with E-state index in [9.17, 15) is 13.2 Å². The van der Waals surface area contributed by atoms with Crippen LogP contribution < -0.4 is 0 Å². The van der Waals surface area contributed by atoms with Gasteiger partial charge in [-0.25, -0.2) is 0 Å². The van der Waals surface area contributed by atoms with E-state index in [4.69, 9.17) is 11.6 Å². The summed E-state index contributed by atoms with van der Waals surface area (Å²) in [6.07, 6.45) is -4.28. The van der Waals surface area contributed by atoms with Gasteiger partial charge in [0.05, 0.1) is 15.8 Å². The average molecular weight is 338 g/mol. The minimum atomic E-state index is -4.28. The van der Waals surface area contributed by atoms with Crippen LogP contribution in [0, 0.1) is 6.92 Å². The molecule has 1 heterocycles. The zero-order chi connectivity index (χ0) is 12.3. The third-order valence-corrected chi connectivity index (χ3v) is 4.44. The zero-order valence-electron chi connectivity index (χ0n) is 8.28. The van der Waals surface area contributed by atoms with Crippen LogP contribution in [0.3, 0.4) is 0 Å². The number of hydrogen-bond acceptors (Lipinski definition) is 2. The monoisotopic (exact) mass is 336 g/mol. The van der Waals surface area contributed by atoms with Crippen molar-refractivity contribution in [3.05, 3.63) is 20.8 Å². The van der Waals surface area contributed by atoms with Crippen molar-refractivity contribution >= 4 is 38.9 Å². The lowest BCUT2D eigenvalue weighted by Crippen LogP contribution is -2.18. The molecule has 1 aromatic rings. The van der Waals surface area contributed by atoms with E-state index in [2.05, 4.69) is 20.7 Å². The van der Waals surface area contributed by atoms with Crippen LogP contribution in [-0.4, -0.2) is 19.4 Å². The normalized spacial score (nSPS) is 14.1. The summed E-state index contributed by atoms with van der Waals surface area (Å²) in [4.78, 5) is 0.607. The number of aryl methyl sites for hydroxylation is 1. The predicted molar refractivity (Wildman–Crippen MR) is 62.6 cm³/mol. The van der Waals surface area contributed by atoms with E-state index in [1.807, 2.05) is 13.0 Å². The van der Waals surface area contributed by atoms with Gasteiger partial charge in [-0.3, -0.25) is 0 Å². The molecule has 0 aliphatic rings. The van der Waals surface area contributed by atoms with E-state index in [-0.39, 0.29) is 11.4 Å². The molecule has 1 atom stereocenters. The van der Waals surface area contributed by atoms with Crippen LogP contribution in [0.1, 0.15) is 15.3 Å². The molecule has 7 heteroatoms. The minimum absolute atomic E-state index is 0.0320. The summed E-state index contributed by atoms with van der Waals surface area (Å²) in [5, 5.41) is 0. The Bertz CT molecular complexity index is 334. The molecule has 0 N–H and O–H groups in total. The minimum Gasteiger partial charge on any atom is -0.370 e. The molecule has 1 aromatic heterocycles. The second kappa shape index (κ2) is 5.71. The molecule has 0 amide bonds. The molecule has 0 spiro atoms. The van der Waals surface area contributed by atoms with Crippen molar-refractivity contribution in [2.24, 2.45) is 0 Å². The first-order chi connectivity index (χ1) is 7.29. The predicted octanol–water partition coefficient (Wildman–Crippen LogP) is 4.72. The van der Waals surface area contributed by atoms with Crippen LogP contribution in [0.4, 0.5) is 13.2 Å². The topological polar surface area (TPSA) is 9.23 Å². The summed E-state index contributed by atoms with van der Waals surface area (Å²) in [5.74, 6) is 0. The quantitative estimate of drug-likeness (QED) is 0.722. The van der Waals surface area contributed by atoms with Crippen LogP contribution in [0.5, 0.6) is 0 Å². The van der Waals surface area contributed by atoms with Gasteiger partial charge in [0.25, 0.3) is 0 Å². The Morgan fingerprint density at radius 1 is 1.56 bits per heavy atom. The number of halogens is 5. The van der Waals surface area contributed by atoms with Crippen molar-refractivity contribution in [3.63, 3.8) is 0 Å². The number of ether oxygens (including phenoxy) is 1. The fraction of sp³-hybridized carbons (Fsp3) is 0.556. The standard InChI is InChI=1S/C9H9BrClF3OS/c1-5-2-7(16-8(5)11)6(10)3-15-4-9(12,13)14/h2,6H,3-4H2,1H3. The Kier molecular flexibility index (Phi) is 5.10. The Hall–Kier alpha value is 0.220. The Morgan fingerprint density at radius 2 is 2.19 bits per heavy atom. The fourth-order valence-corrected chi connectivity index (χ4v) is 2.78. The molecular weight excluding hydrogens is 329 g/mol. The molecule has 0 aliphatic carbocycles. The summed E-state index contributed by atoms with van der Waals surface area (Å²) in [7, 11) is 0. The number of hydrogen-bond donors (Lipinski definition) is 0. The second-order valence-electron chi connectivity index (χ2n) is 3.20. The van der Waals surface area contributed by atoms with Gasteiger partial charge in [-0.15, -0.1) is 11.3 Å². The first-order valence-electron chi connectivity index (χ1n) is 4.34. The Morgan fingerprint density at radius 3 is 2.62 bits per heavy atom. The number of thiophene rings is 1. The average Bonchev–Trinajstić information content (AvgIpc) is 2.45. The highest BCUT2D eigenvalue weighted by Gasteiger charge is 2.28. The van der Waals surface area contributed by atoms with Crippen molar-refractivity contribution < 1.29 is 17.9 Å². The maximum atomic E-state index is 11.8. The summed E-state index contributed by atoms with van der Waals surface area (Å²) in [5.41, 5.74) is 0.918. The van der Waals surface area contributed by atoms with E-state index in [0.29, 0.717) is 4.34 Å². The summed E-state index contributed by atoms with van der Waals surface area (Å²) < 4.78 is 40.7. The lowest BCUT2D eigenvalue weighted by molar-refractivity contribution is -0.173. The van der Waals surface area contributed by atoms with E-state index in [1.54, 1.807) is 0 Å². The second-order valence-corrected chi connectivity index (χ2v) is 5.99. The van der Waals surface area contributed by atoms with E-state index in [0.717, 1.165) is 10.4 Å². The summed E-state index contributed by atoms with van der Waals surface area (Å²) in [6, 6.07) is 1.84. The Balaban J connectivity index is 2.44. The maximum absolute atomic E-state index is 11.8. The van der Waals surface area contributed by atoms with E-state index in [1.165, 1.54) is 11.3 Å². The Labute approximate surface area is 109 Å². The maximum Gasteiger partial charge on any atom is 0.411 e. The lowest BCUT2D eigenvalue weighted by atomic mass is 10.3. The molecule has 0 fully saturated rings.